The first-order valence-corrected chi connectivity index (χ1v) is 6.54. The minimum absolute atomic E-state index is 0.238. The van der Waals surface area contributed by atoms with Crippen LogP contribution in [0.1, 0.15) is 40.0 Å². The van der Waals surface area contributed by atoms with Crippen molar-refractivity contribution in [3.8, 4) is 0 Å². The molecule has 1 unspecified atom stereocenters. The van der Waals surface area contributed by atoms with Gasteiger partial charge in [0.15, 0.2) is 0 Å². The summed E-state index contributed by atoms with van der Waals surface area (Å²) in [6.45, 7) is 6.85. The third-order valence-corrected chi connectivity index (χ3v) is 3.14. The van der Waals surface area contributed by atoms with Crippen LogP contribution in [0.5, 0.6) is 0 Å². The van der Waals surface area contributed by atoms with Crippen LogP contribution in [0, 0.1) is 11.3 Å². The minimum atomic E-state index is -1.83. The Bertz CT molecular complexity index is 345. The van der Waals surface area contributed by atoms with Gasteiger partial charge in [-0.15, -0.1) is 0 Å². The zero-order chi connectivity index (χ0) is 15.1. The lowest BCUT2D eigenvalue weighted by atomic mass is 10.1. The van der Waals surface area contributed by atoms with Crippen molar-refractivity contribution in [1.82, 2.24) is 0 Å². The summed E-state index contributed by atoms with van der Waals surface area (Å²) in [5.74, 6) is 0.0524. The van der Waals surface area contributed by atoms with Gasteiger partial charge in [-0.25, -0.2) is 9.59 Å². The highest BCUT2D eigenvalue weighted by Crippen LogP contribution is 2.53. The predicted molar refractivity (Wildman–Crippen MR) is 72.3 cm³/mol. The first-order valence-electron chi connectivity index (χ1n) is 6.17. The number of allylic oxidation sites excluding steroid dienone is 1. The van der Waals surface area contributed by atoms with Crippen molar-refractivity contribution in [2.24, 2.45) is 11.3 Å². The molecule has 0 bridgehead atoms. The lowest BCUT2D eigenvalue weighted by Crippen LogP contribution is -2.06. The first kappa shape index (κ1) is 17.8. The van der Waals surface area contributed by atoms with Crippen molar-refractivity contribution < 1.29 is 24.5 Å². The SMILES string of the molecule is CCCCOC(=O)C(Cl)=CC1CC1(C)C.O=C(O)O. The molecule has 19 heavy (non-hydrogen) atoms. The Hall–Kier alpha value is -1.23. The summed E-state index contributed by atoms with van der Waals surface area (Å²) in [5, 5.41) is 14.2. The number of halogens is 1. The zero-order valence-corrected chi connectivity index (χ0v) is 12.2. The van der Waals surface area contributed by atoms with Crippen molar-refractivity contribution in [2.45, 2.75) is 40.0 Å². The zero-order valence-electron chi connectivity index (χ0n) is 11.5. The second-order valence-corrected chi connectivity index (χ2v) is 5.49. The molecule has 2 N–H and O–H groups in total. The molecular weight excluding hydrogens is 272 g/mol. The van der Waals surface area contributed by atoms with E-state index in [2.05, 4.69) is 20.8 Å². The summed E-state index contributed by atoms with van der Waals surface area (Å²) in [5.41, 5.74) is 0.309. The standard InChI is InChI=1S/C12H19ClO2.CH2O3/c1-4-5-6-15-11(14)10(13)7-9-8-12(9,2)3;2-1(3)4/h7,9H,4-6,8H2,1-3H3;(H2,2,3,4). The summed E-state index contributed by atoms with van der Waals surface area (Å²) in [7, 11) is 0. The van der Waals surface area contributed by atoms with E-state index in [9.17, 15) is 4.79 Å². The number of carbonyl (C=O) groups excluding carboxylic acids is 1. The highest BCUT2D eigenvalue weighted by atomic mass is 35.5. The van der Waals surface area contributed by atoms with Crippen molar-refractivity contribution >= 4 is 23.7 Å². The molecule has 0 aliphatic heterocycles. The molecule has 1 aliphatic rings. The molecule has 0 aromatic rings. The number of ether oxygens (including phenoxy) is 1. The Morgan fingerprint density at radius 2 is 1.89 bits per heavy atom. The van der Waals surface area contributed by atoms with Crippen LogP contribution in [-0.2, 0) is 9.53 Å². The lowest BCUT2D eigenvalue weighted by Gasteiger charge is -2.03. The fourth-order valence-electron chi connectivity index (χ4n) is 1.42. The fourth-order valence-corrected chi connectivity index (χ4v) is 1.62. The molecule has 1 fully saturated rings. The molecule has 1 atom stereocenters. The van der Waals surface area contributed by atoms with Gasteiger partial charge in [0.2, 0.25) is 0 Å². The molecule has 0 saturated heterocycles. The number of carboxylic acid groups (broad SMARTS) is 2. The molecule has 0 aromatic carbocycles. The third kappa shape index (κ3) is 8.48. The van der Waals surface area contributed by atoms with Gasteiger partial charge in [-0.05, 0) is 24.2 Å². The topological polar surface area (TPSA) is 83.8 Å². The number of hydrogen-bond acceptors (Lipinski definition) is 3. The second-order valence-electron chi connectivity index (χ2n) is 5.09. The molecule has 0 spiro atoms. The van der Waals surface area contributed by atoms with E-state index in [4.69, 9.17) is 31.3 Å². The average molecular weight is 293 g/mol. The van der Waals surface area contributed by atoms with Crippen molar-refractivity contribution in [2.75, 3.05) is 6.61 Å². The van der Waals surface area contributed by atoms with Gasteiger partial charge in [-0.1, -0.05) is 44.9 Å². The molecule has 0 aromatic heterocycles. The van der Waals surface area contributed by atoms with E-state index in [1.165, 1.54) is 0 Å². The Labute approximate surface area is 118 Å². The van der Waals surface area contributed by atoms with Crippen LogP contribution in [0.25, 0.3) is 0 Å². The Balaban J connectivity index is 0.000000711. The van der Waals surface area contributed by atoms with E-state index in [1.807, 2.05) is 6.08 Å². The van der Waals surface area contributed by atoms with Crippen LogP contribution in [0.15, 0.2) is 11.1 Å². The Morgan fingerprint density at radius 3 is 2.26 bits per heavy atom. The van der Waals surface area contributed by atoms with Crippen molar-refractivity contribution in [3.63, 3.8) is 0 Å². The van der Waals surface area contributed by atoms with Gasteiger partial charge in [0.25, 0.3) is 0 Å². The van der Waals surface area contributed by atoms with Gasteiger partial charge in [-0.2, -0.15) is 0 Å². The molecule has 0 amide bonds. The van der Waals surface area contributed by atoms with Gasteiger partial charge in [-0.3, -0.25) is 0 Å². The fraction of sp³-hybridized carbons (Fsp3) is 0.692. The molecule has 6 heteroatoms. The maximum atomic E-state index is 11.4. The molecular formula is C13H21ClO5. The van der Waals surface area contributed by atoms with E-state index in [1.54, 1.807) is 0 Å². The number of hydrogen-bond donors (Lipinski definition) is 2. The van der Waals surface area contributed by atoms with Gasteiger partial charge in [0, 0.05) is 0 Å². The number of unbranched alkanes of at least 4 members (excludes halogenated alkanes) is 1. The smallest absolute Gasteiger partial charge is 0.461 e. The van der Waals surface area contributed by atoms with Crippen molar-refractivity contribution in [1.29, 1.82) is 0 Å². The highest BCUT2D eigenvalue weighted by molar-refractivity contribution is 6.41. The van der Waals surface area contributed by atoms with E-state index in [0.29, 0.717) is 17.9 Å². The largest absolute Gasteiger partial charge is 0.503 e. The number of esters is 1. The minimum Gasteiger partial charge on any atom is -0.461 e. The van der Waals surface area contributed by atoms with Crippen LogP contribution in [0.3, 0.4) is 0 Å². The van der Waals surface area contributed by atoms with E-state index >= 15 is 0 Å². The molecule has 0 heterocycles. The van der Waals surface area contributed by atoms with Gasteiger partial charge in [0.1, 0.15) is 5.03 Å². The van der Waals surface area contributed by atoms with Gasteiger partial charge in [0.05, 0.1) is 6.61 Å². The molecule has 1 rings (SSSR count). The summed E-state index contributed by atoms with van der Waals surface area (Å²) in [6.07, 6.45) is 3.01. The summed E-state index contributed by atoms with van der Waals surface area (Å²) in [4.78, 5) is 19.9. The summed E-state index contributed by atoms with van der Waals surface area (Å²) < 4.78 is 5.00. The molecule has 5 nitrogen and oxygen atoms in total. The van der Waals surface area contributed by atoms with Crippen LogP contribution in [0.4, 0.5) is 4.79 Å². The Morgan fingerprint density at radius 1 is 1.42 bits per heavy atom. The monoisotopic (exact) mass is 292 g/mol. The van der Waals surface area contributed by atoms with Gasteiger partial charge < -0.3 is 14.9 Å². The maximum Gasteiger partial charge on any atom is 0.503 e. The number of carbonyl (C=O) groups is 2. The third-order valence-electron chi connectivity index (χ3n) is 2.86. The van der Waals surface area contributed by atoms with Crippen molar-refractivity contribution in [3.05, 3.63) is 11.1 Å². The van der Waals surface area contributed by atoms with Crippen LogP contribution in [0.2, 0.25) is 0 Å². The molecule has 1 aliphatic carbocycles. The quantitative estimate of drug-likeness (QED) is 0.458. The Kier molecular flexibility index (Phi) is 7.52. The highest BCUT2D eigenvalue weighted by Gasteiger charge is 2.44. The summed E-state index contributed by atoms with van der Waals surface area (Å²) in [6, 6.07) is 0. The lowest BCUT2D eigenvalue weighted by molar-refractivity contribution is -0.138. The van der Waals surface area contributed by atoms with Crippen LogP contribution >= 0.6 is 11.6 Å². The number of rotatable bonds is 5. The van der Waals surface area contributed by atoms with E-state index < -0.39 is 6.16 Å². The first-order chi connectivity index (χ1) is 8.70. The average Bonchev–Trinajstić information content (AvgIpc) is 2.85. The van der Waals surface area contributed by atoms with Crippen LogP contribution < -0.4 is 0 Å². The predicted octanol–water partition coefficient (Wildman–Crippen LogP) is 3.72. The molecule has 0 radical (unpaired) electrons. The second kappa shape index (κ2) is 8.04. The summed E-state index contributed by atoms with van der Waals surface area (Å²) >= 11 is 5.86. The molecule has 1 saturated carbocycles. The van der Waals surface area contributed by atoms with E-state index in [-0.39, 0.29) is 11.0 Å². The molecule has 110 valence electrons. The normalized spacial score (nSPS) is 20.0. The maximum absolute atomic E-state index is 11.4. The van der Waals surface area contributed by atoms with Gasteiger partial charge >= 0.3 is 12.1 Å². The van der Waals surface area contributed by atoms with Crippen LogP contribution in [-0.4, -0.2) is 28.9 Å². The van der Waals surface area contributed by atoms with E-state index in [0.717, 1.165) is 19.3 Å².